The summed E-state index contributed by atoms with van der Waals surface area (Å²) in [6, 6.07) is 0. The van der Waals surface area contributed by atoms with Gasteiger partial charge in [0.05, 0.1) is 12.2 Å². The second kappa shape index (κ2) is 3.77. The Morgan fingerprint density at radius 3 is 2.80 bits per heavy atom. The van der Waals surface area contributed by atoms with Crippen LogP contribution in [0.1, 0.15) is 26.2 Å². The number of ether oxygens (including phenoxy) is 1. The first-order valence-corrected chi connectivity index (χ1v) is 3.98. The Hall–Kier alpha value is -0.300. The highest BCUT2D eigenvalue weighted by molar-refractivity contribution is 4.89. The lowest BCUT2D eigenvalue weighted by Crippen LogP contribution is -1.90. The molecular formula is C9H15O. The Morgan fingerprint density at radius 1 is 1.50 bits per heavy atom. The molecule has 1 radical (unpaired) electrons. The zero-order valence-corrected chi connectivity index (χ0v) is 6.55. The minimum absolute atomic E-state index is 0.557. The van der Waals surface area contributed by atoms with Crippen molar-refractivity contribution in [2.75, 3.05) is 0 Å². The van der Waals surface area contributed by atoms with Crippen molar-refractivity contribution in [2.24, 2.45) is 0 Å². The molecule has 0 aliphatic carbocycles. The largest absolute Gasteiger partial charge is 0.370 e. The standard InChI is InChI=1S/C9H15O/c1-3-5-6-7-9-8(4-2)10-9/h3,5,8-9H,1,4,6-7H2,2H3. The number of hydrogen-bond acceptors (Lipinski definition) is 1. The summed E-state index contributed by atoms with van der Waals surface area (Å²) in [4.78, 5) is 0. The molecule has 1 saturated heterocycles. The van der Waals surface area contributed by atoms with Crippen molar-refractivity contribution in [1.82, 2.24) is 0 Å². The Bertz CT molecular complexity index is 118. The van der Waals surface area contributed by atoms with Gasteiger partial charge in [0.25, 0.3) is 0 Å². The SMILES string of the molecule is [CH2]C=CCCC1OC1CC. The fraction of sp³-hybridized carbons (Fsp3) is 0.667. The predicted molar refractivity (Wildman–Crippen MR) is 42.7 cm³/mol. The quantitative estimate of drug-likeness (QED) is 0.544. The van der Waals surface area contributed by atoms with Gasteiger partial charge in [0.2, 0.25) is 0 Å². The van der Waals surface area contributed by atoms with Crippen LogP contribution in [0.15, 0.2) is 12.2 Å². The highest BCUT2D eigenvalue weighted by Gasteiger charge is 2.35. The number of allylic oxidation sites excluding steroid dienone is 2. The van der Waals surface area contributed by atoms with Gasteiger partial charge in [0, 0.05) is 0 Å². The van der Waals surface area contributed by atoms with Crippen LogP contribution in [0.25, 0.3) is 0 Å². The molecule has 1 heteroatoms. The van der Waals surface area contributed by atoms with Crippen LogP contribution in [0.4, 0.5) is 0 Å². The second-order valence-electron chi connectivity index (χ2n) is 2.67. The van der Waals surface area contributed by atoms with E-state index in [1.165, 1.54) is 12.8 Å². The fourth-order valence-electron chi connectivity index (χ4n) is 1.17. The average molecular weight is 139 g/mol. The molecule has 0 amide bonds. The van der Waals surface area contributed by atoms with Crippen LogP contribution in [0.5, 0.6) is 0 Å². The molecule has 0 aromatic heterocycles. The Kier molecular flexibility index (Phi) is 2.94. The van der Waals surface area contributed by atoms with E-state index in [1.807, 2.05) is 6.08 Å². The molecule has 1 nitrogen and oxygen atoms in total. The number of epoxide rings is 1. The normalized spacial score (nSPS) is 31.4. The maximum absolute atomic E-state index is 5.36. The van der Waals surface area contributed by atoms with E-state index in [4.69, 9.17) is 4.74 Å². The third kappa shape index (κ3) is 2.14. The molecule has 0 saturated carbocycles. The molecule has 1 aliphatic heterocycles. The maximum atomic E-state index is 5.36. The highest BCUT2D eigenvalue weighted by atomic mass is 16.6. The topological polar surface area (TPSA) is 12.5 Å². The lowest BCUT2D eigenvalue weighted by Gasteiger charge is -1.87. The van der Waals surface area contributed by atoms with Crippen LogP contribution in [-0.4, -0.2) is 12.2 Å². The maximum Gasteiger partial charge on any atom is 0.0844 e. The second-order valence-corrected chi connectivity index (χ2v) is 2.67. The molecule has 0 spiro atoms. The van der Waals surface area contributed by atoms with E-state index in [0.29, 0.717) is 12.2 Å². The van der Waals surface area contributed by atoms with E-state index in [0.717, 1.165) is 6.42 Å². The number of rotatable bonds is 4. The summed E-state index contributed by atoms with van der Waals surface area (Å²) in [6.07, 6.45) is 8.52. The minimum Gasteiger partial charge on any atom is -0.370 e. The highest BCUT2D eigenvalue weighted by Crippen LogP contribution is 2.28. The lowest BCUT2D eigenvalue weighted by atomic mass is 10.1. The summed E-state index contributed by atoms with van der Waals surface area (Å²) in [5, 5.41) is 0. The summed E-state index contributed by atoms with van der Waals surface area (Å²) in [5.74, 6) is 0. The minimum atomic E-state index is 0.557. The Balaban J connectivity index is 1.96. The average Bonchev–Trinajstić information content (AvgIpc) is 2.68. The smallest absolute Gasteiger partial charge is 0.0844 e. The van der Waals surface area contributed by atoms with E-state index in [1.54, 1.807) is 0 Å². The molecule has 0 aromatic carbocycles. The van der Waals surface area contributed by atoms with Crippen LogP contribution < -0.4 is 0 Å². The van der Waals surface area contributed by atoms with Crippen molar-refractivity contribution < 1.29 is 4.74 Å². The lowest BCUT2D eigenvalue weighted by molar-refractivity contribution is 0.360. The zero-order chi connectivity index (χ0) is 7.40. The van der Waals surface area contributed by atoms with Gasteiger partial charge < -0.3 is 4.74 Å². The molecule has 0 aromatic rings. The molecule has 1 heterocycles. The van der Waals surface area contributed by atoms with Gasteiger partial charge in [-0.2, -0.15) is 0 Å². The molecule has 57 valence electrons. The molecule has 2 atom stereocenters. The van der Waals surface area contributed by atoms with Gasteiger partial charge in [-0.1, -0.05) is 19.1 Å². The van der Waals surface area contributed by atoms with Gasteiger partial charge >= 0.3 is 0 Å². The Labute approximate surface area is 63.1 Å². The van der Waals surface area contributed by atoms with Gasteiger partial charge in [-0.15, -0.1) is 0 Å². The first kappa shape index (κ1) is 7.80. The molecule has 0 N–H and O–H groups in total. The third-order valence-electron chi connectivity index (χ3n) is 1.87. The van der Waals surface area contributed by atoms with Crippen molar-refractivity contribution >= 4 is 0 Å². The third-order valence-corrected chi connectivity index (χ3v) is 1.87. The molecule has 1 rings (SSSR count). The van der Waals surface area contributed by atoms with Gasteiger partial charge in [-0.25, -0.2) is 0 Å². The van der Waals surface area contributed by atoms with Crippen molar-refractivity contribution in [1.29, 1.82) is 0 Å². The first-order chi connectivity index (χ1) is 4.88. The summed E-state index contributed by atoms with van der Waals surface area (Å²) < 4.78 is 5.36. The van der Waals surface area contributed by atoms with Crippen molar-refractivity contribution in [3.63, 3.8) is 0 Å². The summed E-state index contributed by atoms with van der Waals surface area (Å²) in [7, 11) is 0. The monoisotopic (exact) mass is 139 g/mol. The Morgan fingerprint density at radius 2 is 2.30 bits per heavy atom. The first-order valence-electron chi connectivity index (χ1n) is 3.98. The van der Waals surface area contributed by atoms with E-state index in [2.05, 4.69) is 19.9 Å². The zero-order valence-electron chi connectivity index (χ0n) is 6.55. The van der Waals surface area contributed by atoms with Crippen LogP contribution in [0.2, 0.25) is 0 Å². The van der Waals surface area contributed by atoms with Gasteiger partial charge in [0.15, 0.2) is 0 Å². The van der Waals surface area contributed by atoms with Crippen molar-refractivity contribution in [3.8, 4) is 0 Å². The molecule has 10 heavy (non-hydrogen) atoms. The predicted octanol–water partition coefficient (Wildman–Crippen LogP) is 2.33. The molecule has 0 bridgehead atoms. The van der Waals surface area contributed by atoms with E-state index in [9.17, 15) is 0 Å². The number of hydrogen-bond donors (Lipinski definition) is 0. The summed E-state index contributed by atoms with van der Waals surface area (Å²) >= 11 is 0. The van der Waals surface area contributed by atoms with E-state index < -0.39 is 0 Å². The van der Waals surface area contributed by atoms with Crippen molar-refractivity contribution in [2.45, 2.75) is 38.4 Å². The van der Waals surface area contributed by atoms with Gasteiger partial charge in [-0.3, -0.25) is 0 Å². The van der Waals surface area contributed by atoms with Crippen molar-refractivity contribution in [3.05, 3.63) is 19.1 Å². The van der Waals surface area contributed by atoms with E-state index >= 15 is 0 Å². The molecular weight excluding hydrogens is 124 g/mol. The van der Waals surface area contributed by atoms with Gasteiger partial charge in [-0.05, 0) is 26.2 Å². The summed E-state index contributed by atoms with van der Waals surface area (Å²) in [6.45, 7) is 5.79. The summed E-state index contributed by atoms with van der Waals surface area (Å²) in [5.41, 5.74) is 0. The molecule has 1 aliphatic rings. The van der Waals surface area contributed by atoms with Gasteiger partial charge in [0.1, 0.15) is 0 Å². The fourth-order valence-corrected chi connectivity index (χ4v) is 1.17. The van der Waals surface area contributed by atoms with Crippen LogP contribution in [-0.2, 0) is 4.74 Å². The van der Waals surface area contributed by atoms with Crippen LogP contribution >= 0.6 is 0 Å². The van der Waals surface area contributed by atoms with E-state index in [-0.39, 0.29) is 0 Å². The molecule has 1 fully saturated rings. The molecule has 2 unspecified atom stereocenters. The van der Waals surface area contributed by atoms with Crippen LogP contribution in [0, 0.1) is 6.92 Å². The van der Waals surface area contributed by atoms with Crippen LogP contribution in [0.3, 0.4) is 0 Å².